The highest BCUT2D eigenvalue weighted by Crippen LogP contribution is 2.32. The SMILES string of the molecule is CC(C)(C)C(=O)c1cn(COCC[Si](C)(C)C)c2ncc(-c3cn(CCS(C)(=O)=O)c4ccccc34)nc12. The van der Waals surface area contributed by atoms with E-state index >= 15 is 0 Å². The van der Waals surface area contributed by atoms with Gasteiger partial charge in [0.1, 0.15) is 22.1 Å². The lowest BCUT2D eigenvalue weighted by molar-refractivity contribution is 0.0849. The first-order chi connectivity index (χ1) is 17.6. The zero-order valence-electron chi connectivity index (χ0n) is 23.4. The molecule has 1 aromatic carbocycles. The highest BCUT2D eigenvalue weighted by atomic mass is 32.2. The number of ether oxygens (including phenoxy) is 1. The quantitative estimate of drug-likeness (QED) is 0.143. The fraction of sp³-hybridized carbons (Fsp3) is 0.464. The molecule has 0 aliphatic rings. The second-order valence-electron chi connectivity index (χ2n) is 12.3. The summed E-state index contributed by atoms with van der Waals surface area (Å²) in [5.74, 6) is 0.0334. The number of para-hydroxylation sites is 1. The molecule has 0 saturated carbocycles. The zero-order valence-corrected chi connectivity index (χ0v) is 25.2. The summed E-state index contributed by atoms with van der Waals surface area (Å²) in [5.41, 5.74) is 3.49. The molecule has 204 valence electrons. The Labute approximate surface area is 226 Å². The van der Waals surface area contributed by atoms with E-state index in [0.29, 0.717) is 42.3 Å². The number of aromatic nitrogens is 4. The van der Waals surface area contributed by atoms with E-state index in [2.05, 4.69) is 19.6 Å². The smallest absolute Gasteiger partial charge is 0.171 e. The van der Waals surface area contributed by atoms with Gasteiger partial charge in [-0.15, -0.1) is 0 Å². The van der Waals surface area contributed by atoms with Gasteiger partial charge in [0.05, 0.1) is 23.2 Å². The van der Waals surface area contributed by atoms with Gasteiger partial charge in [-0.25, -0.2) is 18.4 Å². The molecular weight excluding hydrogens is 516 g/mol. The Kier molecular flexibility index (Phi) is 7.71. The molecule has 0 amide bonds. The largest absolute Gasteiger partial charge is 0.361 e. The zero-order chi connectivity index (χ0) is 27.9. The van der Waals surface area contributed by atoms with Crippen molar-refractivity contribution in [3.63, 3.8) is 0 Å². The van der Waals surface area contributed by atoms with Crippen molar-refractivity contribution >= 4 is 45.8 Å². The molecule has 0 bridgehead atoms. The molecule has 0 N–H and O–H groups in total. The van der Waals surface area contributed by atoms with Gasteiger partial charge in [0, 0.05) is 61.8 Å². The van der Waals surface area contributed by atoms with Crippen LogP contribution in [0.1, 0.15) is 31.1 Å². The first-order valence-electron chi connectivity index (χ1n) is 12.9. The summed E-state index contributed by atoms with van der Waals surface area (Å²) in [5, 5.41) is 0.951. The lowest BCUT2D eigenvalue weighted by Gasteiger charge is -2.16. The normalized spacial score (nSPS) is 13.0. The number of benzene rings is 1. The van der Waals surface area contributed by atoms with Crippen molar-refractivity contribution in [2.45, 2.75) is 59.7 Å². The van der Waals surface area contributed by atoms with E-state index in [4.69, 9.17) is 14.7 Å². The number of nitrogens with zero attached hydrogens (tertiary/aromatic N) is 4. The minimum atomic E-state index is -3.12. The van der Waals surface area contributed by atoms with Gasteiger partial charge in [0.15, 0.2) is 11.4 Å². The van der Waals surface area contributed by atoms with Gasteiger partial charge in [-0.2, -0.15) is 0 Å². The van der Waals surface area contributed by atoms with Gasteiger partial charge in [0.2, 0.25) is 0 Å². The summed E-state index contributed by atoms with van der Waals surface area (Å²) in [6.07, 6.45) is 6.69. The first-order valence-corrected chi connectivity index (χ1v) is 18.7. The molecule has 0 unspecified atom stereocenters. The standard InChI is InChI=1S/C28H38N4O4SSi/c1-28(2,3)26(33)22-18-32(19-36-13-15-38(5,6)7)27-25(22)30-23(16-29-27)21-17-31(12-14-37(4,34)35)24-11-9-8-10-20(21)24/h8-11,16-18H,12-15,19H2,1-7H3. The number of hydrogen-bond donors (Lipinski definition) is 0. The Morgan fingerprint density at radius 1 is 1.08 bits per heavy atom. The number of aryl methyl sites for hydroxylation is 1. The third-order valence-corrected chi connectivity index (χ3v) is 9.11. The maximum absolute atomic E-state index is 13.4. The number of ketones is 1. The highest BCUT2D eigenvalue weighted by Gasteiger charge is 2.28. The van der Waals surface area contributed by atoms with Gasteiger partial charge < -0.3 is 13.9 Å². The minimum absolute atomic E-state index is 0.00891. The molecule has 4 aromatic rings. The fourth-order valence-electron chi connectivity index (χ4n) is 4.29. The van der Waals surface area contributed by atoms with Crippen LogP contribution in [-0.2, 0) is 27.8 Å². The van der Waals surface area contributed by atoms with E-state index in [0.717, 1.165) is 22.5 Å². The summed E-state index contributed by atoms with van der Waals surface area (Å²) in [4.78, 5) is 23.1. The van der Waals surface area contributed by atoms with Crippen LogP contribution >= 0.6 is 0 Å². The minimum Gasteiger partial charge on any atom is -0.361 e. The molecule has 0 atom stereocenters. The van der Waals surface area contributed by atoms with Crippen molar-refractivity contribution in [3.05, 3.63) is 48.4 Å². The van der Waals surface area contributed by atoms with E-state index in [1.165, 1.54) is 6.26 Å². The monoisotopic (exact) mass is 554 g/mol. The van der Waals surface area contributed by atoms with E-state index in [1.54, 1.807) is 6.20 Å². The summed E-state index contributed by atoms with van der Waals surface area (Å²) in [7, 11) is -4.34. The number of sulfone groups is 1. The van der Waals surface area contributed by atoms with Crippen molar-refractivity contribution in [3.8, 4) is 11.3 Å². The van der Waals surface area contributed by atoms with Crippen molar-refractivity contribution < 1.29 is 17.9 Å². The molecule has 0 spiro atoms. The van der Waals surface area contributed by atoms with Crippen LogP contribution < -0.4 is 0 Å². The van der Waals surface area contributed by atoms with E-state index in [1.807, 2.05) is 66.6 Å². The third kappa shape index (κ3) is 6.41. The Morgan fingerprint density at radius 2 is 1.79 bits per heavy atom. The summed E-state index contributed by atoms with van der Waals surface area (Å²) in [6, 6.07) is 8.89. The molecule has 3 aromatic heterocycles. The Balaban J connectivity index is 1.78. The number of carbonyl (C=O) groups is 1. The maximum Gasteiger partial charge on any atom is 0.171 e. The summed E-state index contributed by atoms with van der Waals surface area (Å²) >= 11 is 0. The van der Waals surface area contributed by atoms with Crippen LogP contribution in [0.2, 0.25) is 25.7 Å². The van der Waals surface area contributed by atoms with Gasteiger partial charge in [-0.3, -0.25) is 4.79 Å². The number of hydrogen-bond acceptors (Lipinski definition) is 6. The van der Waals surface area contributed by atoms with Crippen LogP contribution in [0.25, 0.3) is 33.3 Å². The van der Waals surface area contributed by atoms with E-state index < -0.39 is 23.3 Å². The van der Waals surface area contributed by atoms with Crippen molar-refractivity contribution in [2.24, 2.45) is 5.41 Å². The molecule has 0 aliphatic carbocycles. The lowest BCUT2D eigenvalue weighted by atomic mass is 9.87. The highest BCUT2D eigenvalue weighted by molar-refractivity contribution is 7.90. The Bertz CT molecular complexity index is 1590. The second kappa shape index (κ2) is 10.4. The molecule has 0 fully saturated rings. The first kappa shape index (κ1) is 28.2. The van der Waals surface area contributed by atoms with Gasteiger partial charge in [-0.1, -0.05) is 58.6 Å². The number of carbonyl (C=O) groups excluding carboxylic acids is 1. The maximum atomic E-state index is 13.4. The van der Waals surface area contributed by atoms with Crippen LogP contribution in [0, 0.1) is 5.41 Å². The predicted molar refractivity (Wildman–Crippen MR) is 156 cm³/mol. The van der Waals surface area contributed by atoms with E-state index in [9.17, 15) is 13.2 Å². The van der Waals surface area contributed by atoms with Crippen LogP contribution in [-0.4, -0.2) is 60.0 Å². The van der Waals surface area contributed by atoms with Crippen LogP contribution in [0.4, 0.5) is 0 Å². The molecule has 0 aliphatic heterocycles. The van der Waals surface area contributed by atoms with Gasteiger partial charge >= 0.3 is 0 Å². The molecule has 8 nitrogen and oxygen atoms in total. The number of fused-ring (bicyclic) bond motifs is 2. The topological polar surface area (TPSA) is 96.1 Å². The molecule has 0 saturated heterocycles. The summed E-state index contributed by atoms with van der Waals surface area (Å²) < 4.78 is 33.4. The van der Waals surface area contributed by atoms with Crippen molar-refractivity contribution in [1.29, 1.82) is 0 Å². The Morgan fingerprint density at radius 3 is 2.45 bits per heavy atom. The number of Topliss-reactive ketones (excluding diaryl/α,β-unsaturated/α-hetero) is 1. The lowest BCUT2D eigenvalue weighted by Crippen LogP contribution is -2.22. The van der Waals surface area contributed by atoms with Crippen LogP contribution in [0.3, 0.4) is 0 Å². The third-order valence-electron chi connectivity index (χ3n) is 6.49. The van der Waals surface area contributed by atoms with Crippen molar-refractivity contribution in [2.75, 3.05) is 18.6 Å². The van der Waals surface area contributed by atoms with Crippen LogP contribution in [0.15, 0.2) is 42.9 Å². The van der Waals surface area contributed by atoms with Gasteiger partial charge in [0.25, 0.3) is 0 Å². The Hall–Kier alpha value is -2.82. The fourth-order valence-corrected chi connectivity index (χ4v) is 5.58. The molecule has 10 heteroatoms. The molecular formula is C28H38N4O4SSi. The average molecular weight is 555 g/mol. The molecule has 4 rings (SSSR count). The second-order valence-corrected chi connectivity index (χ2v) is 20.1. The molecule has 3 heterocycles. The van der Waals surface area contributed by atoms with Gasteiger partial charge in [-0.05, 0) is 12.1 Å². The molecule has 0 radical (unpaired) electrons. The number of rotatable bonds is 10. The summed E-state index contributed by atoms with van der Waals surface area (Å²) in [6.45, 7) is 13.9. The average Bonchev–Trinajstić information content (AvgIpc) is 3.36. The van der Waals surface area contributed by atoms with Crippen molar-refractivity contribution in [1.82, 2.24) is 19.1 Å². The molecule has 38 heavy (non-hydrogen) atoms. The predicted octanol–water partition coefficient (Wildman–Crippen LogP) is 5.64. The van der Waals surface area contributed by atoms with E-state index in [-0.39, 0.29) is 11.5 Å². The van der Waals surface area contributed by atoms with Crippen LogP contribution in [0.5, 0.6) is 0 Å².